The van der Waals surface area contributed by atoms with Gasteiger partial charge in [-0.3, -0.25) is 5.10 Å². The van der Waals surface area contributed by atoms with Crippen molar-refractivity contribution in [3.63, 3.8) is 0 Å². The number of hydrogen-bond acceptors (Lipinski definition) is 2. The number of pyridine rings is 1. The maximum atomic E-state index is 4.19. The predicted molar refractivity (Wildman–Crippen MR) is 55.7 cm³/mol. The van der Waals surface area contributed by atoms with Crippen LogP contribution in [0.3, 0.4) is 0 Å². The number of aromatic amines is 1. The molecule has 0 amide bonds. The third kappa shape index (κ3) is 1.46. The second kappa shape index (κ2) is 3.10. The molecule has 3 nitrogen and oxygen atoms in total. The molecule has 4 heteroatoms. The minimum atomic E-state index is 0.445. The van der Waals surface area contributed by atoms with Crippen molar-refractivity contribution in [1.29, 1.82) is 0 Å². The molecule has 0 unspecified atom stereocenters. The highest BCUT2D eigenvalue weighted by atomic mass is 79.9. The number of nitrogens with one attached hydrogen (secondary N) is 1. The third-order valence-corrected chi connectivity index (χ3v) is 2.42. The Hall–Kier alpha value is -0.900. The Labute approximate surface area is 84.7 Å². The Morgan fingerprint density at radius 1 is 1.46 bits per heavy atom. The van der Waals surface area contributed by atoms with Crippen molar-refractivity contribution in [2.45, 2.75) is 19.8 Å². The Bertz CT molecular complexity index is 433. The van der Waals surface area contributed by atoms with E-state index in [2.05, 4.69) is 45.0 Å². The molecule has 2 rings (SSSR count). The first-order chi connectivity index (χ1) is 6.18. The summed E-state index contributed by atoms with van der Waals surface area (Å²) in [5, 5.41) is 8.23. The van der Waals surface area contributed by atoms with Gasteiger partial charge < -0.3 is 0 Å². The average molecular weight is 240 g/mol. The van der Waals surface area contributed by atoms with Crippen molar-refractivity contribution in [3.8, 4) is 0 Å². The van der Waals surface area contributed by atoms with Crippen LogP contribution in [0.15, 0.2) is 16.7 Å². The van der Waals surface area contributed by atoms with E-state index in [-0.39, 0.29) is 0 Å². The number of halogens is 1. The fourth-order valence-corrected chi connectivity index (χ4v) is 1.66. The zero-order valence-electron chi connectivity index (χ0n) is 7.50. The number of fused-ring (bicyclic) bond motifs is 1. The lowest BCUT2D eigenvalue weighted by atomic mass is 10.1. The van der Waals surface area contributed by atoms with Gasteiger partial charge >= 0.3 is 0 Å². The van der Waals surface area contributed by atoms with Crippen LogP contribution in [0.1, 0.15) is 25.5 Å². The van der Waals surface area contributed by atoms with Crippen molar-refractivity contribution in [3.05, 3.63) is 22.4 Å². The molecule has 1 N–H and O–H groups in total. The van der Waals surface area contributed by atoms with E-state index >= 15 is 0 Å². The quantitative estimate of drug-likeness (QED) is 0.832. The van der Waals surface area contributed by atoms with Crippen molar-refractivity contribution in [1.82, 2.24) is 15.2 Å². The molecule has 0 aliphatic carbocycles. The standard InChI is InChI=1S/C9H10BrN3/c1-5(2)8-7-3-6(10)4-11-9(7)13-12-8/h3-5H,1-2H3,(H,11,12,13). The highest BCUT2D eigenvalue weighted by Gasteiger charge is 2.09. The van der Waals surface area contributed by atoms with E-state index in [9.17, 15) is 0 Å². The summed E-state index contributed by atoms with van der Waals surface area (Å²) in [6.45, 7) is 4.27. The third-order valence-electron chi connectivity index (χ3n) is 1.98. The van der Waals surface area contributed by atoms with Gasteiger partial charge in [-0.2, -0.15) is 5.10 Å². The van der Waals surface area contributed by atoms with Crippen LogP contribution >= 0.6 is 15.9 Å². The van der Waals surface area contributed by atoms with Gasteiger partial charge in [0.15, 0.2) is 5.65 Å². The lowest BCUT2D eigenvalue weighted by molar-refractivity contribution is 0.817. The molecule has 0 spiro atoms. The second-order valence-electron chi connectivity index (χ2n) is 3.32. The summed E-state index contributed by atoms with van der Waals surface area (Å²) in [4.78, 5) is 4.19. The van der Waals surface area contributed by atoms with E-state index in [1.807, 2.05) is 6.07 Å². The van der Waals surface area contributed by atoms with Gasteiger partial charge in [-0.15, -0.1) is 0 Å². The first kappa shape index (κ1) is 8.69. The fraction of sp³-hybridized carbons (Fsp3) is 0.333. The Morgan fingerprint density at radius 3 is 2.92 bits per heavy atom. The smallest absolute Gasteiger partial charge is 0.181 e. The molecule has 2 heterocycles. The molecule has 68 valence electrons. The van der Waals surface area contributed by atoms with Crippen LogP contribution in [-0.2, 0) is 0 Å². The van der Waals surface area contributed by atoms with Gasteiger partial charge in [-0.05, 0) is 27.9 Å². The highest BCUT2D eigenvalue weighted by Crippen LogP contribution is 2.23. The van der Waals surface area contributed by atoms with E-state index in [1.165, 1.54) is 0 Å². The Balaban J connectivity index is 2.71. The van der Waals surface area contributed by atoms with Gasteiger partial charge in [-0.25, -0.2) is 4.98 Å². The summed E-state index contributed by atoms with van der Waals surface area (Å²) >= 11 is 3.40. The van der Waals surface area contributed by atoms with Gasteiger partial charge in [0.2, 0.25) is 0 Å². The van der Waals surface area contributed by atoms with Crippen molar-refractivity contribution in [2.24, 2.45) is 0 Å². The fourth-order valence-electron chi connectivity index (χ4n) is 1.33. The van der Waals surface area contributed by atoms with E-state index in [0.29, 0.717) is 5.92 Å². The van der Waals surface area contributed by atoms with Crippen molar-refractivity contribution in [2.75, 3.05) is 0 Å². The molecular formula is C9H10BrN3. The summed E-state index contributed by atoms with van der Waals surface area (Å²) in [6.07, 6.45) is 1.76. The SMILES string of the molecule is CC(C)c1[nH]nc2ncc(Br)cc12. The van der Waals surface area contributed by atoms with Crippen LogP contribution < -0.4 is 0 Å². The molecule has 0 atom stereocenters. The van der Waals surface area contributed by atoms with E-state index in [1.54, 1.807) is 6.20 Å². The number of aromatic nitrogens is 3. The minimum absolute atomic E-state index is 0.445. The maximum Gasteiger partial charge on any atom is 0.181 e. The van der Waals surface area contributed by atoms with Crippen LogP contribution in [0.5, 0.6) is 0 Å². The summed E-state index contributed by atoms with van der Waals surface area (Å²) in [7, 11) is 0. The molecule has 13 heavy (non-hydrogen) atoms. The molecule has 0 aliphatic rings. The van der Waals surface area contributed by atoms with Crippen LogP contribution in [0, 0.1) is 0 Å². The summed E-state index contributed by atoms with van der Waals surface area (Å²) in [5.74, 6) is 0.445. The van der Waals surface area contributed by atoms with Gasteiger partial charge in [0, 0.05) is 21.7 Å². The Kier molecular flexibility index (Phi) is 2.07. The normalized spacial score (nSPS) is 11.4. The van der Waals surface area contributed by atoms with Crippen LogP contribution in [0.2, 0.25) is 0 Å². The van der Waals surface area contributed by atoms with E-state index < -0.39 is 0 Å². The van der Waals surface area contributed by atoms with E-state index in [0.717, 1.165) is 21.2 Å². The van der Waals surface area contributed by atoms with E-state index in [4.69, 9.17) is 0 Å². The van der Waals surface area contributed by atoms with Crippen LogP contribution in [0.25, 0.3) is 11.0 Å². The minimum Gasteiger partial charge on any atom is -0.279 e. The molecule has 0 aromatic carbocycles. The van der Waals surface area contributed by atoms with Gasteiger partial charge in [0.25, 0.3) is 0 Å². The lowest BCUT2D eigenvalue weighted by Crippen LogP contribution is -1.87. The monoisotopic (exact) mass is 239 g/mol. The lowest BCUT2D eigenvalue weighted by Gasteiger charge is -2.00. The number of hydrogen-bond donors (Lipinski definition) is 1. The first-order valence-corrected chi connectivity index (χ1v) is 4.97. The van der Waals surface area contributed by atoms with Crippen molar-refractivity contribution < 1.29 is 0 Å². The predicted octanol–water partition coefficient (Wildman–Crippen LogP) is 2.84. The zero-order chi connectivity index (χ0) is 9.42. The largest absolute Gasteiger partial charge is 0.279 e. The topological polar surface area (TPSA) is 41.6 Å². The summed E-state index contributed by atoms with van der Waals surface area (Å²) in [6, 6.07) is 2.04. The molecule has 0 bridgehead atoms. The first-order valence-electron chi connectivity index (χ1n) is 4.18. The molecule has 0 aliphatic heterocycles. The van der Waals surface area contributed by atoms with Gasteiger partial charge in [-0.1, -0.05) is 13.8 Å². The molecular weight excluding hydrogens is 230 g/mol. The average Bonchev–Trinajstić information content (AvgIpc) is 2.46. The molecule has 0 saturated heterocycles. The number of H-pyrrole nitrogens is 1. The van der Waals surface area contributed by atoms with Crippen LogP contribution in [-0.4, -0.2) is 15.2 Å². The number of rotatable bonds is 1. The molecule has 0 radical (unpaired) electrons. The maximum absolute atomic E-state index is 4.19. The summed E-state index contributed by atoms with van der Waals surface area (Å²) < 4.78 is 0.989. The van der Waals surface area contributed by atoms with Crippen LogP contribution in [0.4, 0.5) is 0 Å². The second-order valence-corrected chi connectivity index (χ2v) is 4.23. The Morgan fingerprint density at radius 2 is 2.23 bits per heavy atom. The summed E-state index contributed by atoms with van der Waals surface area (Å²) in [5.41, 5.74) is 1.93. The molecule has 2 aromatic heterocycles. The molecule has 0 saturated carbocycles. The highest BCUT2D eigenvalue weighted by molar-refractivity contribution is 9.10. The van der Waals surface area contributed by atoms with Gasteiger partial charge in [0.1, 0.15) is 0 Å². The number of nitrogens with zero attached hydrogens (tertiary/aromatic N) is 2. The molecule has 0 fully saturated rings. The van der Waals surface area contributed by atoms with Crippen molar-refractivity contribution >= 4 is 27.0 Å². The van der Waals surface area contributed by atoms with Gasteiger partial charge in [0.05, 0.1) is 0 Å². The zero-order valence-corrected chi connectivity index (χ0v) is 9.09. The molecule has 2 aromatic rings.